The van der Waals surface area contributed by atoms with Gasteiger partial charge in [0.2, 0.25) is 0 Å². The van der Waals surface area contributed by atoms with Gasteiger partial charge in [-0.3, -0.25) is 4.79 Å². The predicted molar refractivity (Wildman–Crippen MR) is 153 cm³/mol. The third-order valence-corrected chi connectivity index (χ3v) is 7.75. The summed E-state index contributed by atoms with van der Waals surface area (Å²) in [6.45, 7) is 4.46. The summed E-state index contributed by atoms with van der Waals surface area (Å²) in [6.07, 6.45) is 1.78. The number of amides is 1. The smallest absolute Gasteiger partial charge is 0.264 e. The Hall–Kier alpha value is -2.16. The Morgan fingerprint density at radius 3 is 2.58 bits per heavy atom. The number of thioether (sulfide) groups is 1. The molecule has 36 heavy (non-hydrogen) atoms. The molecule has 0 unspecified atom stereocenters. The van der Waals surface area contributed by atoms with Gasteiger partial charge in [-0.2, -0.15) is 0 Å². The van der Waals surface area contributed by atoms with Crippen molar-refractivity contribution < 1.29 is 14.3 Å². The number of carbonyl (C=O) groups excluding carboxylic acids is 1. The first-order valence-corrected chi connectivity index (χ1v) is 13.6. The van der Waals surface area contributed by atoms with Crippen LogP contribution in [-0.2, 0) is 11.4 Å². The molecular weight excluding hydrogens is 607 g/mol. The molecule has 1 saturated heterocycles. The van der Waals surface area contributed by atoms with Crippen molar-refractivity contribution >= 4 is 85.3 Å². The molecule has 1 aliphatic rings. The fourth-order valence-electron chi connectivity index (χ4n) is 3.29. The van der Waals surface area contributed by atoms with E-state index in [0.29, 0.717) is 48.9 Å². The highest BCUT2D eigenvalue weighted by atomic mass is 79.9. The second kappa shape index (κ2) is 11.9. The number of hydrogen-bond donors (Lipinski definition) is 1. The van der Waals surface area contributed by atoms with Crippen LogP contribution in [0.5, 0.6) is 11.5 Å². The molecule has 1 amide bonds. The van der Waals surface area contributed by atoms with Gasteiger partial charge in [0, 0.05) is 25.1 Å². The van der Waals surface area contributed by atoms with Crippen LogP contribution in [0.25, 0.3) is 6.08 Å². The molecule has 0 aliphatic carbocycles. The maximum absolute atomic E-state index is 12.6. The van der Waals surface area contributed by atoms with Crippen molar-refractivity contribution in [2.45, 2.75) is 20.5 Å². The number of benzene rings is 3. The van der Waals surface area contributed by atoms with E-state index in [1.54, 1.807) is 24.3 Å². The molecule has 0 atom stereocenters. The van der Waals surface area contributed by atoms with E-state index < -0.39 is 0 Å². The Morgan fingerprint density at radius 1 is 1.06 bits per heavy atom. The summed E-state index contributed by atoms with van der Waals surface area (Å²) >= 11 is 23.3. The fourth-order valence-corrected chi connectivity index (χ4v) is 5.18. The summed E-state index contributed by atoms with van der Waals surface area (Å²) in [5, 5.41) is 4.99. The number of nitrogens with one attached hydrogen (secondary N) is 1. The average Bonchev–Trinajstić information content (AvgIpc) is 3.17. The Bertz CT molecular complexity index is 1400. The number of halogens is 4. The summed E-state index contributed by atoms with van der Waals surface area (Å²) in [6, 6.07) is 14.4. The van der Waals surface area contributed by atoms with Crippen molar-refractivity contribution in [2.24, 2.45) is 4.99 Å². The molecule has 0 bridgehead atoms. The maximum Gasteiger partial charge on any atom is 0.264 e. The second-order valence-electron chi connectivity index (χ2n) is 7.64. The van der Waals surface area contributed by atoms with Crippen molar-refractivity contribution in [1.82, 2.24) is 5.32 Å². The number of nitrogens with zero attached hydrogens (tertiary/aromatic N) is 1. The number of carbonyl (C=O) groups is 1. The minimum atomic E-state index is -0.235. The molecule has 0 aromatic heterocycles. The van der Waals surface area contributed by atoms with E-state index in [1.807, 2.05) is 44.2 Å². The first-order valence-electron chi connectivity index (χ1n) is 10.8. The summed E-state index contributed by atoms with van der Waals surface area (Å²) in [4.78, 5) is 17.7. The van der Waals surface area contributed by atoms with Gasteiger partial charge in [0.1, 0.15) is 6.61 Å². The molecule has 3 aromatic carbocycles. The lowest BCUT2D eigenvalue weighted by Crippen LogP contribution is -2.19. The summed E-state index contributed by atoms with van der Waals surface area (Å²) in [5.74, 6) is 0.851. The van der Waals surface area contributed by atoms with Crippen LogP contribution in [0, 0.1) is 6.92 Å². The maximum atomic E-state index is 12.6. The largest absolute Gasteiger partial charge is 0.490 e. The van der Waals surface area contributed by atoms with Crippen LogP contribution >= 0.6 is 62.5 Å². The van der Waals surface area contributed by atoms with Gasteiger partial charge in [0.25, 0.3) is 5.91 Å². The topological polar surface area (TPSA) is 59.9 Å². The zero-order chi connectivity index (χ0) is 25.8. The quantitative estimate of drug-likeness (QED) is 0.267. The summed E-state index contributed by atoms with van der Waals surface area (Å²) in [5.41, 5.74) is 3.10. The Kier molecular flexibility index (Phi) is 8.91. The van der Waals surface area contributed by atoms with Gasteiger partial charge >= 0.3 is 0 Å². The van der Waals surface area contributed by atoms with Gasteiger partial charge < -0.3 is 14.8 Å². The lowest BCUT2D eigenvalue weighted by molar-refractivity contribution is -0.115. The van der Waals surface area contributed by atoms with Crippen molar-refractivity contribution in [3.63, 3.8) is 0 Å². The molecule has 0 spiro atoms. The van der Waals surface area contributed by atoms with Crippen LogP contribution in [0.3, 0.4) is 0 Å². The highest BCUT2D eigenvalue weighted by Gasteiger charge is 2.25. The van der Waals surface area contributed by atoms with Crippen LogP contribution in [-0.4, -0.2) is 17.7 Å². The lowest BCUT2D eigenvalue weighted by atomic mass is 10.1. The van der Waals surface area contributed by atoms with E-state index in [1.165, 1.54) is 11.8 Å². The minimum Gasteiger partial charge on any atom is -0.490 e. The van der Waals surface area contributed by atoms with Crippen LogP contribution in [0.2, 0.25) is 15.1 Å². The first kappa shape index (κ1) is 26.9. The molecule has 10 heteroatoms. The summed E-state index contributed by atoms with van der Waals surface area (Å²) in [7, 11) is 0. The molecule has 1 fully saturated rings. The molecule has 1 N–H and O–H groups in total. The minimum absolute atomic E-state index is 0.235. The van der Waals surface area contributed by atoms with E-state index in [-0.39, 0.29) is 12.5 Å². The zero-order valence-corrected chi connectivity index (χ0v) is 23.9. The highest BCUT2D eigenvalue weighted by Crippen LogP contribution is 2.38. The summed E-state index contributed by atoms with van der Waals surface area (Å²) < 4.78 is 12.6. The monoisotopic (exact) mass is 624 g/mol. The zero-order valence-electron chi connectivity index (χ0n) is 19.2. The number of rotatable bonds is 7. The van der Waals surface area contributed by atoms with E-state index in [9.17, 15) is 4.79 Å². The van der Waals surface area contributed by atoms with Crippen molar-refractivity contribution in [3.05, 3.63) is 89.7 Å². The number of hydrogen-bond acceptors (Lipinski definition) is 5. The molecule has 0 saturated carbocycles. The number of amidine groups is 1. The molecule has 4 rings (SSSR count). The third kappa shape index (κ3) is 6.39. The van der Waals surface area contributed by atoms with Gasteiger partial charge in [-0.05, 0) is 79.2 Å². The van der Waals surface area contributed by atoms with E-state index in [0.717, 1.165) is 21.2 Å². The fraction of sp³-hybridized carbons (Fsp3) is 0.154. The van der Waals surface area contributed by atoms with Crippen LogP contribution in [0.4, 0.5) is 5.69 Å². The second-order valence-corrected chi connectivity index (χ2v) is 10.8. The van der Waals surface area contributed by atoms with Crippen LogP contribution in [0.1, 0.15) is 23.6 Å². The van der Waals surface area contributed by atoms with E-state index in [2.05, 4.69) is 26.2 Å². The molecular formula is C26H20BrCl3N2O3S. The van der Waals surface area contributed by atoms with E-state index >= 15 is 0 Å². The van der Waals surface area contributed by atoms with Gasteiger partial charge in [-0.15, -0.1) is 0 Å². The van der Waals surface area contributed by atoms with Crippen molar-refractivity contribution in [1.29, 1.82) is 0 Å². The number of ether oxygens (including phenoxy) is 2. The van der Waals surface area contributed by atoms with Crippen LogP contribution < -0.4 is 14.8 Å². The van der Waals surface area contributed by atoms with Gasteiger partial charge in [-0.1, -0.05) is 62.9 Å². The Balaban J connectivity index is 1.58. The Morgan fingerprint density at radius 2 is 1.83 bits per heavy atom. The molecule has 3 aromatic rings. The molecule has 1 heterocycles. The molecule has 0 radical (unpaired) electrons. The lowest BCUT2D eigenvalue weighted by Gasteiger charge is -2.15. The first-order chi connectivity index (χ1) is 17.2. The predicted octanol–water partition coefficient (Wildman–Crippen LogP) is 8.59. The SMILES string of the molecule is CCOc1cc(/C=C2/SC(=Nc3cccc(Cl)c3C)NC2=O)c(Br)cc1OCc1ccc(Cl)cc1Cl. The number of aliphatic imine (C=N–C) groups is 1. The highest BCUT2D eigenvalue weighted by molar-refractivity contribution is 9.10. The van der Waals surface area contributed by atoms with Gasteiger partial charge in [0.05, 0.1) is 17.2 Å². The third-order valence-electron chi connectivity index (χ3n) is 5.16. The Labute approximate surface area is 237 Å². The van der Waals surface area contributed by atoms with Crippen molar-refractivity contribution in [2.75, 3.05) is 6.61 Å². The molecule has 1 aliphatic heterocycles. The normalized spacial score (nSPS) is 15.4. The molecule has 5 nitrogen and oxygen atoms in total. The van der Waals surface area contributed by atoms with Gasteiger partial charge in [-0.25, -0.2) is 4.99 Å². The van der Waals surface area contributed by atoms with Crippen LogP contribution in [0.15, 0.2) is 62.9 Å². The van der Waals surface area contributed by atoms with Gasteiger partial charge in [0.15, 0.2) is 16.7 Å². The standard InChI is InChI=1S/C26H20BrCl3N2O3S/c1-3-34-22-9-16(18(27)12-23(22)35-13-15-7-8-17(28)11-20(15)30)10-24-25(33)32-26(36-24)31-21-6-4-5-19(29)14(21)2/h4-12H,3,13H2,1-2H3,(H,31,32,33)/b24-10+. The van der Waals surface area contributed by atoms with Crippen molar-refractivity contribution in [3.8, 4) is 11.5 Å². The average molecular weight is 627 g/mol. The molecule has 186 valence electrons. The van der Waals surface area contributed by atoms with E-state index in [4.69, 9.17) is 44.3 Å².